The fourth-order valence-corrected chi connectivity index (χ4v) is 5.31. The van der Waals surface area contributed by atoms with Gasteiger partial charge >= 0.3 is 0 Å². The molecule has 0 spiro atoms. The standard InChI is InChI=1S/C21H25N3O3S2/c1-14(2)20(21(25)22-12-11-16-7-5-4-6-8-16)24-29(26,27)17-9-10-18-19(13-17)28-15(3)23-18/h4-10,13-14,20,24H,11-12H2,1-3H3,(H,22,25). The average molecular weight is 432 g/mol. The third kappa shape index (κ3) is 5.41. The largest absolute Gasteiger partial charge is 0.354 e. The zero-order chi connectivity index (χ0) is 21.0. The van der Waals surface area contributed by atoms with Gasteiger partial charge in [-0.25, -0.2) is 13.4 Å². The number of carbonyl (C=O) groups is 1. The van der Waals surface area contributed by atoms with E-state index in [9.17, 15) is 13.2 Å². The molecular formula is C21H25N3O3S2. The van der Waals surface area contributed by atoms with Crippen LogP contribution in [0.5, 0.6) is 0 Å². The molecule has 1 amide bonds. The molecule has 29 heavy (non-hydrogen) atoms. The van der Waals surface area contributed by atoms with E-state index in [1.54, 1.807) is 12.1 Å². The lowest BCUT2D eigenvalue weighted by Gasteiger charge is -2.21. The topological polar surface area (TPSA) is 88.2 Å². The van der Waals surface area contributed by atoms with Crippen LogP contribution in [0.3, 0.4) is 0 Å². The molecule has 154 valence electrons. The first-order valence-corrected chi connectivity index (χ1v) is 11.8. The van der Waals surface area contributed by atoms with E-state index in [1.165, 1.54) is 17.4 Å². The summed E-state index contributed by atoms with van der Waals surface area (Å²) in [5, 5.41) is 3.72. The van der Waals surface area contributed by atoms with Gasteiger partial charge in [0.15, 0.2) is 0 Å². The number of nitrogens with zero attached hydrogens (tertiary/aromatic N) is 1. The van der Waals surface area contributed by atoms with Crippen molar-refractivity contribution in [3.63, 3.8) is 0 Å². The summed E-state index contributed by atoms with van der Waals surface area (Å²) in [6.45, 7) is 5.96. The van der Waals surface area contributed by atoms with E-state index in [1.807, 2.05) is 51.1 Å². The Morgan fingerprint density at radius 2 is 1.86 bits per heavy atom. The molecule has 6 nitrogen and oxygen atoms in total. The van der Waals surface area contributed by atoms with Crippen LogP contribution >= 0.6 is 11.3 Å². The van der Waals surface area contributed by atoms with Crippen LogP contribution in [0.25, 0.3) is 10.2 Å². The van der Waals surface area contributed by atoms with Gasteiger partial charge in [-0.2, -0.15) is 4.72 Å². The minimum Gasteiger partial charge on any atom is -0.354 e. The Bertz CT molecular complexity index is 1090. The number of benzene rings is 2. The Morgan fingerprint density at radius 3 is 2.55 bits per heavy atom. The number of hydrogen-bond donors (Lipinski definition) is 2. The molecule has 0 saturated heterocycles. The molecule has 1 aromatic heterocycles. The van der Waals surface area contributed by atoms with Gasteiger partial charge in [-0.1, -0.05) is 44.2 Å². The van der Waals surface area contributed by atoms with Crippen LogP contribution in [-0.2, 0) is 21.2 Å². The van der Waals surface area contributed by atoms with Gasteiger partial charge in [0, 0.05) is 6.54 Å². The number of carbonyl (C=O) groups excluding carboxylic acids is 1. The highest BCUT2D eigenvalue weighted by molar-refractivity contribution is 7.89. The Morgan fingerprint density at radius 1 is 1.14 bits per heavy atom. The van der Waals surface area contributed by atoms with Gasteiger partial charge in [0.05, 0.1) is 20.1 Å². The second-order valence-electron chi connectivity index (χ2n) is 7.23. The fraction of sp³-hybridized carbons (Fsp3) is 0.333. The Labute approximate surface area is 175 Å². The number of rotatable bonds is 8. The molecule has 0 radical (unpaired) electrons. The van der Waals surface area contributed by atoms with Gasteiger partial charge in [-0.05, 0) is 43.0 Å². The predicted molar refractivity (Wildman–Crippen MR) is 116 cm³/mol. The zero-order valence-electron chi connectivity index (χ0n) is 16.7. The lowest BCUT2D eigenvalue weighted by atomic mass is 10.0. The van der Waals surface area contributed by atoms with Crippen molar-refractivity contribution < 1.29 is 13.2 Å². The molecule has 2 N–H and O–H groups in total. The lowest BCUT2D eigenvalue weighted by Crippen LogP contribution is -2.49. The normalized spacial score (nSPS) is 13.0. The molecule has 0 aliphatic carbocycles. The molecule has 0 saturated carbocycles. The quantitative estimate of drug-likeness (QED) is 0.573. The molecule has 3 aromatic rings. The Kier molecular flexibility index (Phi) is 6.66. The summed E-state index contributed by atoms with van der Waals surface area (Å²) in [5.74, 6) is -0.523. The van der Waals surface area contributed by atoms with Crippen molar-refractivity contribution in [3.8, 4) is 0 Å². The molecule has 0 bridgehead atoms. The maximum Gasteiger partial charge on any atom is 0.241 e. The lowest BCUT2D eigenvalue weighted by molar-refractivity contribution is -0.123. The van der Waals surface area contributed by atoms with Crippen molar-refractivity contribution in [2.45, 2.75) is 38.1 Å². The minimum absolute atomic E-state index is 0.136. The van der Waals surface area contributed by atoms with Gasteiger partial charge in [-0.15, -0.1) is 11.3 Å². The highest BCUT2D eigenvalue weighted by atomic mass is 32.2. The molecule has 1 heterocycles. The summed E-state index contributed by atoms with van der Waals surface area (Å²) in [4.78, 5) is 17.1. The van der Waals surface area contributed by atoms with E-state index in [0.717, 1.165) is 20.8 Å². The van der Waals surface area contributed by atoms with Crippen molar-refractivity contribution in [1.29, 1.82) is 0 Å². The second kappa shape index (κ2) is 9.02. The van der Waals surface area contributed by atoms with Gasteiger partial charge in [0.1, 0.15) is 6.04 Å². The third-order valence-electron chi connectivity index (χ3n) is 4.56. The number of amides is 1. The minimum atomic E-state index is -3.84. The third-order valence-corrected chi connectivity index (χ3v) is 6.94. The number of hydrogen-bond acceptors (Lipinski definition) is 5. The molecular weight excluding hydrogens is 406 g/mol. The summed E-state index contributed by atoms with van der Waals surface area (Å²) in [6, 6.07) is 13.8. The SMILES string of the molecule is Cc1nc2ccc(S(=O)(=O)NC(C(=O)NCCc3ccccc3)C(C)C)cc2s1. The summed E-state index contributed by atoms with van der Waals surface area (Å²) in [7, 11) is -3.84. The fourth-order valence-electron chi connectivity index (χ4n) is 3.00. The molecule has 3 rings (SSSR count). The molecule has 0 aliphatic heterocycles. The highest BCUT2D eigenvalue weighted by Crippen LogP contribution is 2.25. The van der Waals surface area contributed by atoms with Crippen molar-refractivity contribution in [2.24, 2.45) is 5.92 Å². The summed E-state index contributed by atoms with van der Waals surface area (Å²) < 4.78 is 29.2. The van der Waals surface area contributed by atoms with Crippen LogP contribution in [0.2, 0.25) is 0 Å². The first-order chi connectivity index (χ1) is 13.8. The molecule has 1 atom stereocenters. The smallest absolute Gasteiger partial charge is 0.241 e. The second-order valence-corrected chi connectivity index (χ2v) is 10.2. The molecule has 0 aliphatic rings. The van der Waals surface area contributed by atoms with Crippen LogP contribution in [0.15, 0.2) is 53.4 Å². The summed E-state index contributed by atoms with van der Waals surface area (Å²) >= 11 is 1.44. The highest BCUT2D eigenvalue weighted by Gasteiger charge is 2.28. The molecule has 2 aromatic carbocycles. The first-order valence-electron chi connectivity index (χ1n) is 9.47. The van der Waals surface area contributed by atoms with E-state index in [4.69, 9.17) is 0 Å². The van der Waals surface area contributed by atoms with Crippen LogP contribution < -0.4 is 10.0 Å². The van der Waals surface area contributed by atoms with Crippen LogP contribution in [0.4, 0.5) is 0 Å². The number of fused-ring (bicyclic) bond motifs is 1. The summed E-state index contributed by atoms with van der Waals surface area (Å²) in [5.41, 5.74) is 1.88. The number of nitrogens with one attached hydrogen (secondary N) is 2. The van der Waals surface area contributed by atoms with Gasteiger partial charge in [-0.3, -0.25) is 4.79 Å². The predicted octanol–water partition coefficient (Wildman–Crippen LogP) is 3.27. The Hall–Kier alpha value is -2.29. The van der Waals surface area contributed by atoms with E-state index in [-0.39, 0.29) is 16.7 Å². The van der Waals surface area contributed by atoms with Crippen LogP contribution in [0, 0.1) is 12.8 Å². The van der Waals surface area contributed by atoms with Gasteiger partial charge < -0.3 is 5.32 Å². The molecule has 0 fully saturated rings. The van der Waals surface area contributed by atoms with Crippen molar-refractivity contribution in [3.05, 3.63) is 59.1 Å². The van der Waals surface area contributed by atoms with Crippen molar-refractivity contribution in [1.82, 2.24) is 15.0 Å². The zero-order valence-corrected chi connectivity index (χ0v) is 18.3. The van der Waals surface area contributed by atoms with Gasteiger partial charge in [0.2, 0.25) is 15.9 Å². The number of thiazole rings is 1. The average Bonchev–Trinajstić information content (AvgIpc) is 3.06. The maximum absolute atomic E-state index is 12.9. The Balaban J connectivity index is 1.69. The van der Waals surface area contributed by atoms with Crippen molar-refractivity contribution in [2.75, 3.05) is 6.54 Å². The first kappa shape index (κ1) is 21.4. The van der Waals surface area contributed by atoms with Gasteiger partial charge in [0.25, 0.3) is 0 Å². The number of aromatic nitrogens is 1. The van der Waals surface area contributed by atoms with E-state index >= 15 is 0 Å². The molecule has 8 heteroatoms. The number of sulfonamides is 1. The van der Waals surface area contributed by atoms with Crippen molar-refractivity contribution >= 4 is 37.5 Å². The van der Waals surface area contributed by atoms with E-state index in [2.05, 4.69) is 15.0 Å². The summed E-state index contributed by atoms with van der Waals surface area (Å²) in [6.07, 6.45) is 0.686. The van der Waals surface area contributed by atoms with Crippen LogP contribution in [-0.4, -0.2) is 31.9 Å². The van der Waals surface area contributed by atoms with E-state index in [0.29, 0.717) is 13.0 Å². The number of aryl methyl sites for hydroxylation is 1. The maximum atomic E-state index is 12.9. The monoisotopic (exact) mass is 431 g/mol. The van der Waals surface area contributed by atoms with E-state index < -0.39 is 16.1 Å². The van der Waals surface area contributed by atoms with Crippen LogP contribution in [0.1, 0.15) is 24.4 Å². The molecule has 1 unspecified atom stereocenters.